The average molecular weight is 427 g/mol. The zero-order valence-corrected chi connectivity index (χ0v) is 16.7. The third-order valence-corrected chi connectivity index (χ3v) is 4.83. The van der Waals surface area contributed by atoms with Crippen LogP contribution in [0.5, 0.6) is 5.75 Å². The van der Waals surface area contributed by atoms with Crippen LogP contribution >= 0.6 is 11.6 Å². The van der Waals surface area contributed by atoms with Crippen LogP contribution in [-0.4, -0.2) is 35.1 Å². The molecule has 2 N–H and O–H groups in total. The summed E-state index contributed by atoms with van der Waals surface area (Å²) in [7, 11) is 0. The molecule has 0 aliphatic carbocycles. The van der Waals surface area contributed by atoms with Crippen molar-refractivity contribution >= 4 is 29.1 Å². The average Bonchev–Trinajstić information content (AvgIpc) is 3.21. The maximum atomic E-state index is 12.0. The first kappa shape index (κ1) is 19.9. The molecule has 154 valence electrons. The minimum Gasteiger partial charge on any atom is -0.484 e. The number of amides is 2. The Morgan fingerprint density at radius 1 is 1.20 bits per heavy atom. The summed E-state index contributed by atoms with van der Waals surface area (Å²) in [5.74, 6) is 1.25. The van der Waals surface area contributed by atoms with Crippen molar-refractivity contribution in [3.05, 3.63) is 58.9 Å². The van der Waals surface area contributed by atoms with Crippen molar-refractivity contribution in [3.63, 3.8) is 0 Å². The van der Waals surface area contributed by atoms with E-state index in [0.29, 0.717) is 48.3 Å². The Kier molecular flexibility index (Phi) is 5.94. The van der Waals surface area contributed by atoms with Gasteiger partial charge in [-0.15, -0.1) is 0 Å². The fraction of sp³-hybridized carbons (Fsp3) is 0.238. The first-order valence-corrected chi connectivity index (χ1v) is 9.85. The topological polar surface area (TPSA) is 106 Å². The highest BCUT2D eigenvalue weighted by molar-refractivity contribution is 6.30. The number of halogens is 1. The van der Waals surface area contributed by atoms with Crippen LogP contribution in [-0.2, 0) is 22.4 Å². The summed E-state index contributed by atoms with van der Waals surface area (Å²) in [6.45, 7) is 0.242. The molecule has 2 amide bonds. The van der Waals surface area contributed by atoms with Crippen LogP contribution in [0.4, 0.5) is 5.69 Å². The van der Waals surface area contributed by atoms with Gasteiger partial charge in [-0.3, -0.25) is 9.59 Å². The van der Waals surface area contributed by atoms with Gasteiger partial charge in [-0.05, 0) is 54.4 Å². The van der Waals surface area contributed by atoms with Gasteiger partial charge < -0.3 is 19.9 Å². The number of rotatable bonds is 7. The smallest absolute Gasteiger partial charge is 0.257 e. The van der Waals surface area contributed by atoms with Gasteiger partial charge in [-0.2, -0.15) is 4.98 Å². The van der Waals surface area contributed by atoms with Gasteiger partial charge in [-0.1, -0.05) is 16.8 Å². The SMILES string of the molecule is O=C(COc1ccc2c(c1)CCC(=O)N2)NCCc1nc(-c2ccc(Cl)cc2)no1. The zero-order valence-electron chi connectivity index (χ0n) is 16.0. The van der Waals surface area contributed by atoms with Crippen LogP contribution in [0.15, 0.2) is 47.0 Å². The first-order chi connectivity index (χ1) is 14.6. The fourth-order valence-corrected chi connectivity index (χ4v) is 3.16. The van der Waals surface area contributed by atoms with Crippen LogP contribution in [0.1, 0.15) is 17.9 Å². The Morgan fingerprint density at radius 2 is 2.03 bits per heavy atom. The number of nitrogens with zero attached hydrogens (tertiary/aromatic N) is 2. The van der Waals surface area contributed by atoms with Crippen molar-refractivity contribution in [2.24, 2.45) is 0 Å². The summed E-state index contributed by atoms with van der Waals surface area (Å²) in [4.78, 5) is 27.7. The van der Waals surface area contributed by atoms with E-state index in [0.717, 1.165) is 16.8 Å². The molecule has 0 unspecified atom stereocenters. The molecule has 30 heavy (non-hydrogen) atoms. The lowest BCUT2D eigenvalue weighted by Crippen LogP contribution is -2.30. The number of nitrogens with one attached hydrogen (secondary N) is 2. The number of hydrogen-bond acceptors (Lipinski definition) is 6. The summed E-state index contributed by atoms with van der Waals surface area (Å²) >= 11 is 5.87. The first-order valence-electron chi connectivity index (χ1n) is 9.47. The zero-order chi connectivity index (χ0) is 20.9. The molecule has 1 aliphatic heterocycles. The Morgan fingerprint density at radius 3 is 2.87 bits per heavy atom. The second-order valence-electron chi connectivity index (χ2n) is 6.77. The van der Waals surface area contributed by atoms with Crippen molar-refractivity contribution in [1.29, 1.82) is 0 Å². The maximum absolute atomic E-state index is 12.0. The molecular formula is C21H19ClN4O4. The van der Waals surface area contributed by atoms with E-state index in [9.17, 15) is 9.59 Å². The monoisotopic (exact) mass is 426 g/mol. The summed E-state index contributed by atoms with van der Waals surface area (Å²) in [6.07, 6.45) is 1.52. The number of ether oxygens (including phenoxy) is 1. The largest absolute Gasteiger partial charge is 0.484 e. The molecule has 0 fully saturated rings. The molecule has 0 spiro atoms. The number of benzene rings is 2. The van der Waals surface area contributed by atoms with E-state index in [1.807, 2.05) is 18.2 Å². The van der Waals surface area contributed by atoms with Gasteiger partial charge >= 0.3 is 0 Å². The van der Waals surface area contributed by atoms with Crippen molar-refractivity contribution in [2.75, 3.05) is 18.5 Å². The highest BCUT2D eigenvalue weighted by Crippen LogP contribution is 2.26. The molecule has 0 radical (unpaired) electrons. The van der Waals surface area contributed by atoms with E-state index in [-0.39, 0.29) is 18.4 Å². The second kappa shape index (κ2) is 8.96. The number of fused-ring (bicyclic) bond motifs is 1. The number of hydrogen-bond donors (Lipinski definition) is 2. The number of anilines is 1. The van der Waals surface area contributed by atoms with E-state index in [4.69, 9.17) is 20.9 Å². The normalized spacial score (nSPS) is 12.8. The van der Waals surface area contributed by atoms with Gasteiger partial charge in [0, 0.05) is 35.7 Å². The summed E-state index contributed by atoms with van der Waals surface area (Å²) in [5.41, 5.74) is 2.59. The van der Waals surface area contributed by atoms with E-state index < -0.39 is 0 Å². The van der Waals surface area contributed by atoms with Gasteiger partial charge in [0.05, 0.1) is 0 Å². The Hall–Kier alpha value is -3.39. The number of aryl methyl sites for hydroxylation is 1. The molecule has 2 aromatic carbocycles. The maximum Gasteiger partial charge on any atom is 0.257 e. The van der Waals surface area contributed by atoms with Gasteiger partial charge in [0.2, 0.25) is 17.6 Å². The predicted molar refractivity (Wildman–Crippen MR) is 110 cm³/mol. The molecule has 0 atom stereocenters. The molecule has 0 bridgehead atoms. The van der Waals surface area contributed by atoms with E-state index in [1.165, 1.54) is 0 Å². The predicted octanol–water partition coefficient (Wildman–Crippen LogP) is 3.01. The summed E-state index contributed by atoms with van der Waals surface area (Å²) in [5, 5.41) is 10.1. The highest BCUT2D eigenvalue weighted by atomic mass is 35.5. The lowest BCUT2D eigenvalue weighted by atomic mass is 10.0. The minimum absolute atomic E-state index is 0.0112. The van der Waals surface area contributed by atoms with E-state index >= 15 is 0 Å². The Balaban J connectivity index is 1.22. The quantitative estimate of drug-likeness (QED) is 0.601. The van der Waals surface area contributed by atoms with Crippen LogP contribution in [0.2, 0.25) is 5.02 Å². The van der Waals surface area contributed by atoms with Gasteiger partial charge in [0.1, 0.15) is 5.75 Å². The number of carbonyl (C=O) groups excluding carboxylic acids is 2. The molecular weight excluding hydrogens is 408 g/mol. The van der Waals surface area contributed by atoms with Crippen LogP contribution in [0, 0.1) is 0 Å². The highest BCUT2D eigenvalue weighted by Gasteiger charge is 2.15. The number of aromatic nitrogens is 2. The lowest BCUT2D eigenvalue weighted by Gasteiger charge is -2.17. The standard InChI is InChI=1S/C21H19ClN4O4/c22-15-4-1-13(2-5-15)21-25-20(30-26-21)9-10-23-19(28)12-29-16-6-7-17-14(11-16)3-8-18(27)24-17/h1-2,4-7,11H,3,8-10,12H2,(H,23,28)(H,24,27). The third kappa shape index (κ3) is 4.96. The van der Waals surface area contributed by atoms with E-state index in [1.54, 1.807) is 24.3 Å². The molecule has 2 heterocycles. The van der Waals surface area contributed by atoms with E-state index in [2.05, 4.69) is 20.8 Å². The Labute approximate surface area is 177 Å². The lowest BCUT2D eigenvalue weighted by molar-refractivity contribution is -0.123. The van der Waals surface area contributed by atoms with Gasteiger partial charge in [-0.25, -0.2) is 0 Å². The molecule has 1 aromatic heterocycles. The van der Waals surface area contributed by atoms with Crippen LogP contribution in [0.25, 0.3) is 11.4 Å². The van der Waals surface area contributed by atoms with Crippen molar-refractivity contribution in [2.45, 2.75) is 19.3 Å². The van der Waals surface area contributed by atoms with Gasteiger partial charge in [0.25, 0.3) is 5.91 Å². The fourth-order valence-electron chi connectivity index (χ4n) is 3.03. The number of carbonyl (C=O) groups is 2. The molecule has 4 rings (SSSR count). The van der Waals surface area contributed by atoms with Crippen molar-refractivity contribution < 1.29 is 18.8 Å². The summed E-state index contributed by atoms with van der Waals surface area (Å²) < 4.78 is 10.8. The molecule has 3 aromatic rings. The van der Waals surface area contributed by atoms with Crippen molar-refractivity contribution in [1.82, 2.24) is 15.5 Å². The molecule has 0 saturated heterocycles. The van der Waals surface area contributed by atoms with Crippen molar-refractivity contribution in [3.8, 4) is 17.1 Å². The van der Waals surface area contributed by atoms with Gasteiger partial charge in [0.15, 0.2) is 6.61 Å². The summed E-state index contributed by atoms with van der Waals surface area (Å²) in [6, 6.07) is 12.5. The molecule has 9 heteroatoms. The molecule has 8 nitrogen and oxygen atoms in total. The second-order valence-corrected chi connectivity index (χ2v) is 7.21. The van der Waals surface area contributed by atoms with Crippen LogP contribution in [0.3, 0.4) is 0 Å². The third-order valence-electron chi connectivity index (χ3n) is 4.57. The molecule has 0 saturated carbocycles. The van der Waals surface area contributed by atoms with Crippen LogP contribution < -0.4 is 15.4 Å². The molecule has 1 aliphatic rings. The minimum atomic E-state index is -0.251. The Bertz CT molecular complexity index is 1070.